The fourth-order valence-electron chi connectivity index (χ4n) is 2.03. The van der Waals surface area contributed by atoms with Gasteiger partial charge in [0.05, 0.1) is 32.8 Å². The fraction of sp³-hybridized carbons (Fsp3) is 0.222. The zero-order valence-corrected chi connectivity index (χ0v) is 14.9. The third-order valence-electron chi connectivity index (χ3n) is 3.26. The minimum atomic E-state index is -0.212. The number of methoxy groups -OCH3 is 2. The van der Waals surface area contributed by atoms with Gasteiger partial charge in [-0.2, -0.15) is 5.10 Å². The van der Waals surface area contributed by atoms with Crippen LogP contribution in [0.4, 0.5) is 0 Å². The highest BCUT2D eigenvalue weighted by Gasteiger charge is 2.04. The third-order valence-corrected chi connectivity index (χ3v) is 4.26. The lowest BCUT2D eigenvalue weighted by Crippen LogP contribution is -2.19. The number of hydrogen-bond donors (Lipinski definition) is 2. The first-order valence-corrected chi connectivity index (χ1v) is 8.51. The lowest BCUT2D eigenvalue weighted by atomic mass is 10.2. The molecule has 0 saturated carbocycles. The molecule has 6 nitrogen and oxygen atoms in total. The van der Waals surface area contributed by atoms with Gasteiger partial charge in [0.1, 0.15) is 0 Å². The molecule has 7 heteroatoms. The highest BCUT2D eigenvalue weighted by Crippen LogP contribution is 2.26. The number of ether oxygens (including phenoxy) is 2. The van der Waals surface area contributed by atoms with Gasteiger partial charge >= 0.3 is 0 Å². The first-order valence-electron chi connectivity index (χ1n) is 7.52. The van der Waals surface area contributed by atoms with Crippen molar-refractivity contribution < 1.29 is 19.4 Å². The van der Waals surface area contributed by atoms with E-state index in [0.29, 0.717) is 11.5 Å². The summed E-state index contributed by atoms with van der Waals surface area (Å²) in [6, 6.07) is 12.8. The van der Waals surface area contributed by atoms with Gasteiger partial charge in [0.25, 0.3) is 0 Å². The topological polar surface area (TPSA) is 80.2 Å². The molecule has 2 aromatic rings. The second-order valence-electron chi connectivity index (χ2n) is 5.00. The number of aliphatic hydroxyl groups excluding tert-OH is 1. The number of hydrazone groups is 1. The molecule has 0 fully saturated rings. The number of amides is 1. The van der Waals surface area contributed by atoms with E-state index in [0.717, 1.165) is 16.0 Å². The van der Waals surface area contributed by atoms with Crippen molar-refractivity contribution in [3.05, 3.63) is 53.6 Å². The summed E-state index contributed by atoms with van der Waals surface area (Å²) in [5, 5.41) is 13.1. The van der Waals surface area contributed by atoms with Gasteiger partial charge in [0, 0.05) is 4.90 Å². The summed E-state index contributed by atoms with van der Waals surface area (Å²) < 4.78 is 10.4. The maximum atomic E-state index is 11.8. The molecule has 2 aromatic carbocycles. The molecule has 0 radical (unpaired) electrons. The average Bonchev–Trinajstić information content (AvgIpc) is 2.66. The molecule has 0 atom stereocenters. The largest absolute Gasteiger partial charge is 0.493 e. The smallest absolute Gasteiger partial charge is 0.250 e. The van der Waals surface area contributed by atoms with Crippen molar-refractivity contribution in [1.82, 2.24) is 5.43 Å². The van der Waals surface area contributed by atoms with Crippen LogP contribution in [0.1, 0.15) is 11.1 Å². The molecular weight excluding hydrogens is 340 g/mol. The fourth-order valence-corrected chi connectivity index (χ4v) is 2.80. The molecule has 132 valence electrons. The van der Waals surface area contributed by atoms with Gasteiger partial charge in [0.2, 0.25) is 5.91 Å². The van der Waals surface area contributed by atoms with E-state index in [-0.39, 0.29) is 18.3 Å². The minimum Gasteiger partial charge on any atom is -0.493 e. The van der Waals surface area contributed by atoms with E-state index in [1.807, 2.05) is 30.3 Å². The second-order valence-corrected chi connectivity index (χ2v) is 6.05. The van der Waals surface area contributed by atoms with Crippen LogP contribution in [0.2, 0.25) is 0 Å². The standard InChI is InChI=1S/C18H20N2O4S/c1-23-16-7-6-13(9-17(16)24-2)10-19-20-18(22)12-25-15-5-3-4-14(8-15)11-21/h3-10,21H,11-12H2,1-2H3,(H,20,22)/b19-10+. The first-order chi connectivity index (χ1) is 12.2. The van der Waals surface area contributed by atoms with E-state index in [2.05, 4.69) is 10.5 Å². The number of rotatable bonds is 8. The van der Waals surface area contributed by atoms with E-state index in [9.17, 15) is 4.79 Å². The quantitative estimate of drug-likeness (QED) is 0.429. The predicted octanol–water partition coefficient (Wildman–Crippen LogP) is 2.44. The maximum Gasteiger partial charge on any atom is 0.250 e. The number of aliphatic hydroxyl groups is 1. The lowest BCUT2D eigenvalue weighted by Gasteiger charge is -2.07. The SMILES string of the molecule is COc1ccc(/C=N/NC(=O)CSc2cccc(CO)c2)cc1OC. The molecular formula is C18H20N2O4S. The summed E-state index contributed by atoms with van der Waals surface area (Å²) in [6.07, 6.45) is 1.54. The molecule has 1 amide bonds. The summed E-state index contributed by atoms with van der Waals surface area (Å²) >= 11 is 1.38. The van der Waals surface area contributed by atoms with Crippen molar-refractivity contribution in [1.29, 1.82) is 0 Å². The van der Waals surface area contributed by atoms with Crippen molar-refractivity contribution in [2.75, 3.05) is 20.0 Å². The summed E-state index contributed by atoms with van der Waals surface area (Å²) in [5.41, 5.74) is 4.08. The number of thioether (sulfide) groups is 1. The van der Waals surface area contributed by atoms with Crippen molar-refractivity contribution in [3.63, 3.8) is 0 Å². The van der Waals surface area contributed by atoms with Crippen LogP contribution in [-0.4, -0.2) is 37.2 Å². The molecule has 0 saturated heterocycles. The Kier molecular flexibility index (Phi) is 7.31. The monoisotopic (exact) mass is 360 g/mol. The van der Waals surface area contributed by atoms with Crippen molar-refractivity contribution in [3.8, 4) is 11.5 Å². The van der Waals surface area contributed by atoms with Crippen LogP contribution in [0, 0.1) is 0 Å². The van der Waals surface area contributed by atoms with Crippen LogP contribution >= 0.6 is 11.8 Å². The summed E-state index contributed by atoms with van der Waals surface area (Å²) in [7, 11) is 3.13. The van der Waals surface area contributed by atoms with Crippen LogP contribution in [-0.2, 0) is 11.4 Å². The van der Waals surface area contributed by atoms with Crippen LogP contribution < -0.4 is 14.9 Å². The summed E-state index contributed by atoms with van der Waals surface area (Å²) in [4.78, 5) is 12.8. The van der Waals surface area contributed by atoms with Crippen LogP contribution in [0.15, 0.2) is 52.5 Å². The Balaban J connectivity index is 1.85. The number of carbonyl (C=O) groups excluding carboxylic acids is 1. The molecule has 2 N–H and O–H groups in total. The van der Waals surface area contributed by atoms with Gasteiger partial charge in [-0.25, -0.2) is 5.43 Å². The Morgan fingerprint density at radius 1 is 1.20 bits per heavy atom. The number of hydrogen-bond acceptors (Lipinski definition) is 6. The van der Waals surface area contributed by atoms with E-state index in [1.165, 1.54) is 18.0 Å². The highest BCUT2D eigenvalue weighted by molar-refractivity contribution is 8.00. The molecule has 0 aliphatic rings. The number of nitrogens with zero attached hydrogens (tertiary/aromatic N) is 1. The molecule has 0 spiro atoms. The molecule has 0 aliphatic carbocycles. The molecule has 0 unspecified atom stereocenters. The van der Waals surface area contributed by atoms with E-state index in [4.69, 9.17) is 14.6 Å². The van der Waals surface area contributed by atoms with Crippen molar-refractivity contribution in [2.45, 2.75) is 11.5 Å². The van der Waals surface area contributed by atoms with Gasteiger partial charge in [-0.3, -0.25) is 4.79 Å². The van der Waals surface area contributed by atoms with E-state index < -0.39 is 0 Å². The maximum absolute atomic E-state index is 11.8. The Hall–Kier alpha value is -2.51. The highest BCUT2D eigenvalue weighted by atomic mass is 32.2. The third kappa shape index (κ3) is 5.81. The average molecular weight is 360 g/mol. The number of benzene rings is 2. The van der Waals surface area contributed by atoms with E-state index >= 15 is 0 Å². The Morgan fingerprint density at radius 2 is 2.00 bits per heavy atom. The molecule has 2 rings (SSSR count). The predicted molar refractivity (Wildman–Crippen MR) is 98.4 cm³/mol. The van der Waals surface area contributed by atoms with Gasteiger partial charge in [-0.15, -0.1) is 11.8 Å². The normalized spacial score (nSPS) is 10.7. The minimum absolute atomic E-state index is 0.0176. The molecule has 0 heterocycles. The summed E-state index contributed by atoms with van der Waals surface area (Å²) in [6.45, 7) is -0.0176. The number of carbonyl (C=O) groups is 1. The van der Waals surface area contributed by atoms with Crippen molar-refractivity contribution in [2.24, 2.45) is 5.10 Å². The molecule has 0 aliphatic heterocycles. The molecule has 0 bridgehead atoms. The van der Waals surface area contributed by atoms with Gasteiger partial charge < -0.3 is 14.6 Å². The van der Waals surface area contributed by atoms with Gasteiger partial charge in [-0.1, -0.05) is 12.1 Å². The Bertz CT molecular complexity index is 750. The van der Waals surface area contributed by atoms with E-state index in [1.54, 1.807) is 26.4 Å². The van der Waals surface area contributed by atoms with Crippen LogP contribution in [0.3, 0.4) is 0 Å². The van der Waals surface area contributed by atoms with Crippen LogP contribution in [0.5, 0.6) is 11.5 Å². The Labute approximate surface area is 150 Å². The molecule has 25 heavy (non-hydrogen) atoms. The zero-order valence-electron chi connectivity index (χ0n) is 14.1. The zero-order chi connectivity index (χ0) is 18.1. The van der Waals surface area contributed by atoms with Gasteiger partial charge in [-0.05, 0) is 41.5 Å². The lowest BCUT2D eigenvalue weighted by molar-refractivity contribution is -0.118. The summed E-state index contributed by atoms with van der Waals surface area (Å²) in [5.74, 6) is 1.25. The second kappa shape index (κ2) is 9.71. The van der Waals surface area contributed by atoms with Crippen molar-refractivity contribution >= 4 is 23.9 Å². The Morgan fingerprint density at radius 3 is 2.72 bits per heavy atom. The van der Waals surface area contributed by atoms with Gasteiger partial charge in [0.15, 0.2) is 11.5 Å². The molecule has 0 aromatic heterocycles. The van der Waals surface area contributed by atoms with Crippen LogP contribution in [0.25, 0.3) is 0 Å². The number of nitrogens with one attached hydrogen (secondary N) is 1. The first kappa shape index (κ1) is 18.8.